The van der Waals surface area contributed by atoms with Crippen LogP contribution in [-0.2, 0) is 0 Å². The molecule has 2 rings (SSSR count). The van der Waals surface area contributed by atoms with E-state index in [0.717, 1.165) is 37.1 Å². The molecule has 1 aromatic carbocycles. The van der Waals surface area contributed by atoms with E-state index in [-0.39, 0.29) is 11.6 Å². The number of aryl methyl sites for hydroxylation is 1. The van der Waals surface area contributed by atoms with Crippen molar-refractivity contribution < 1.29 is 9.18 Å². The maximum Gasteiger partial charge on any atom is 0.215 e. The van der Waals surface area contributed by atoms with Crippen LogP contribution in [0.5, 0.6) is 0 Å². The van der Waals surface area contributed by atoms with Crippen LogP contribution in [0, 0.1) is 12.7 Å². The molecule has 0 radical (unpaired) electrons. The van der Waals surface area contributed by atoms with Gasteiger partial charge in [-0.05, 0) is 48.9 Å². The molecule has 0 unspecified atom stereocenters. The van der Waals surface area contributed by atoms with Crippen molar-refractivity contribution in [2.75, 3.05) is 13.1 Å². The van der Waals surface area contributed by atoms with Gasteiger partial charge in [0.2, 0.25) is 7.85 Å². The molecule has 1 heterocycles. The molecule has 1 fully saturated rings. The molecule has 0 N–H and O–H groups in total. The molecule has 0 aliphatic carbocycles. The van der Waals surface area contributed by atoms with Crippen LogP contribution in [0.25, 0.3) is 0 Å². The highest BCUT2D eigenvalue weighted by atomic mass is 19.1. The van der Waals surface area contributed by atoms with E-state index < -0.39 is 0 Å². The Balaban J connectivity index is 2.10. The average molecular weight is 233 g/mol. The van der Waals surface area contributed by atoms with E-state index in [2.05, 4.69) is 0 Å². The molecule has 1 aliphatic heterocycles. The van der Waals surface area contributed by atoms with Gasteiger partial charge in [0.15, 0.2) is 5.81 Å². The van der Waals surface area contributed by atoms with Gasteiger partial charge in [0.05, 0.1) is 0 Å². The smallest absolute Gasteiger partial charge is 0.215 e. The zero-order valence-electron chi connectivity index (χ0n) is 10.4. The normalized spacial score (nSPS) is 17.2. The second-order valence-electron chi connectivity index (χ2n) is 4.78. The lowest BCUT2D eigenvalue weighted by Crippen LogP contribution is -2.37. The number of carbonyl (C=O) groups excluding carboxylic acids is 1. The topological polar surface area (TPSA) is 20.3 Å². The van der Waals surface area contributed by atoms with E-state index in [1.165, 1.54) is 6.07 Å². The number of amides is 1. The van der Waals surface area contributed by atoms with Gasteiger partial charge >= 0.3 is 0 Å². The molecular weight excluding hydrogens is 216 g/mol. The Morgan fingerprint density at radius 3 is 2.65 bits per heavy atom. The summed E-state index contributed by atoms with van der Waals surface area (Å²) in [6, 6.07) is 4.98. The Morgan fingerprint density at radius 1 is 1.41 bits per heavy atom. The van der Waals surface area contributed by atoms with Gasteiger partial charge in [0, 0.05) is 13.1 Å². The van der Waals surface area contributed by atoms with Gasteiger partial charge in [-0.2, -0.15) is 0 Å². The fourth-order valence-corrected chi connectivity index (χ4v) is 2.56. The Labute approximate surface area is 102 Å². The number of benzene rings is 1. The number of likely N-dealkylation sites (tertiary alicyclic amines) is 1. The minimum absolute atomic E-state index is 0.138. The monoisotopic (exact) mass is 233 g/mol. The van der Waals surface area contributed by atoms with Crippen LogP contribution in [0.2, 0.25) is 0 Å². The summed E-state index contributed by atoms with van der Waals surface area (Å²) >= 11 is 0. The van der Waals surface area contributed by atoms with Crippen LogP contribution in [0.4, 0.5) is 9.18 Å². The Kier molecular flexibility index (Phi) is 3.50. The number of halogens is 1. The Bertz CT molecular complexity index is 427. The second kappa shape index (κ2) is 4.90. The number of hydrogen-bond donors (Lipinski definition) is 0. The maximum absolute atomic E-state index is 13.2. The molecule has 0 saturated carbocycles. The minimum atomic E-state index is -0.167. The summed E-state index contributed by atoms with van der Waals surface area (Å²) in [5, 5.41) is 0. The van der Waals surface area contributed by atoms with Gasteiger partial charge in [-0.25, -0.2) is 4.39 Å². The van der Waals surface area contributed by atoms with E-state index >= 15 is 0 Å². The van der Waals surface area contributed by atoms with Gasteiger partial charge in [-0.1, -0.05) is 6.07 Å². The summed E-state index contributed by atoms with van der Waals surface area (Å²) in [7, 11) is 1.60. The van der Waals surface area contributed by atoms with Crippen LogP contribution in [0.15, 0.2) is 18.2 Å². The quantitative estimate of drug-likeness (QED) is 0.680. The first-order valence-corrected chi connectivity index (χ1v) is 6.09. The highest BCUT2D eigenvalue weighted by molar-refractivity contribution is 6.56. The van der Waals surface area contributed by atoms with Crippen molar-refractivity contribution in [2.24, 2.45) is 0 Å². The zero-order valence-corrected chi connectivity index (χ0v) is 10.4. The molecule has 0 atom stereocenters. The molecule has 0 spiro atoms. The summed E-state index contributed by atoms with van der Waals surface area (Å²) in [5.41, 5.74) is 2.25. The van der Waals surface area contributed by atoms with Crippen molar-refractivity contribution >= 4 is 13.7 Å². The van der Waals surface area contributed by atoms with Crippen molar-refractivity contribution in [3.05, 3.63) is 35.1 Å². The molecule has 4 heteroatoms. The molecule has 2 nitrogen and oxygen atoms in total. The van der Waals surface area contributed by atoms with Gasteiger partial charge in [-0.3, -0.25) is 4.79 Å². The molecule has 90 valence electrons. The number of nitrogens with zero attached hydrogens (tertiary/aromatic N) is 1. The highest BCUT2D eigenvalue weighted by Crippen LogP contribution is 2.30. The molecule has 0 bridgehead atoms. The maximum atomic E-state index is 13.2. The third-order valence-electron chi connectivity index (χ3n) is 3.62. The van der Waals surface area contributed by atoms with Crippen molar-refractivity contribution in [3.63, 3.8) is 0 Å². The first-order chi connectivity index (χ1) is 8.08. The lowest BCUT2D eigenvalue weighted by Gasteiger charge is -2.32. The molecule has 1 aromatic rings. The third kappa shape index (κ3) is 2.68. The Hall–Kier alpha value is -1.32. The summed E-state index contributed by atoms with van der Waals surface area (Å²) in [6.45, 7) is 3.60. The zero-order chi connectivity index (χ0) is 12.4. The summed E-state index contributed by atoms with van der Waals surface area (Å²) in [4.78, 5) is 13.1. The third-order valence-corrected chi connectivity index (χ3v) is 3.62. The average Bonchev–Trinajstić information content (AvgIpc) is 2.32. The lowest BCUT2D eigenvalue weighted by atomic mass is 9.86. The van der Waals surface area contributed by atoms with E-state index in [9.17, 15) is 9.18 Å². The molecule has 17 heavy (non-hydrogen) atoms. The Morgan fingerprint density at radius 2 is 2.06 bits per heavy atom. The summed E-state index contributed by atoms with van der Waals surface area (Å²) in [6.07, 6.45) is 1.87. The number of rotatable bonds is 1. The number of piperidine rings is 1. The van der Waals surface area contributed by atoms with Gasteiger partial charge < -0.3 is 4.90 Å². The largest absolute Gasteiger partial charge is 0.352 e. The second-order valence-corrected chi connectivity index (χ2v) is 4.78. The first-order valence-electron chi connectivity index (χ1n) is 6.09. The van der Waals surface area contributed by atoms with Crippen molar-refractivity contribution in [1.29, 1.82) is 0 Å². The standard InChI is InChI=1S/C13H17BFNO/c1-9-2-3-11(15)8-12(9)10-4-6-16(7-5-10)13(14)17/h2-3,8,10H,4-7,14H2,1H3. The molecular formula is C13H17BFNO. The predicted octanol–water partition coefficient (Wildman–Crippen LogP) is 2.07. The molecule has 1 amide bonds. The predicted molar refractivity (Wildman–Crippen MR) is 68.6 cm³/mol. The summed E-state index contributed by atoms with van der Waals surface area (Å²) in [5.74, 6) is 0.361. The van der Waals surface area contributed by atoms with Crippen LogP contribution in [-0.4, -0.2) is 31.6 Å². The fraction of sp³-hybridized carbons (Fsp3) is 0.462. The SMILES string of the molecule is BC(=O)N1CCC(c2cc(F)ccc2C)CC1. The van der Waals surface area contributed by atoms with E-state index in [1.54, 1.807) is 13.9 Å². The van der Waals surface area contributed by atoms with E-state index in [1.807, 2.05) is 17.9 Å². The highest BCUT2D eigenvalue weighted by Gasteiger charge is 2.22. The van der Waals surface area contributed by atoms with Gasteiger partial charge in [0.25, 0.3) is 0 Å². The van der Waals surface area contributed by atoms with Crippen molar-refractivity contribution in [3.8, 4) is 0 Å². The van der Waals surface area contributed by atoms with Gasteiger partial charge in [0.1, 0.15) is 5.82 Å². The number of hydrogen-bond acceptors (Lipinski definition) is 1. The summed E-state index contributed by atoms with van der Waals surface area (Å²) < 4.78 is 13.2. The van der Waals surface area contributed by atoms with Crippen LogP contribution in [0.1, 0.15) is 29.9 Å². The number of carbonyl (C=O) groups is 1. The molecule has 0 aromatic heterocycles. The minimum Gasteiger partial charge on any atom is -0.352 e. The van der Waals surface area contributed by atoms with Crippen molar-refractivity contribution in [1.82, 2.24) is 4.90 Å². The molecule has 1 aliphatic rings. The molecule has 1 saturated heterocycles. The first kappa shape index (κ1) is 12.2. The fourth-order valence-electron chi connectivity index (χ4n) is 2.56. The van der Waals surface area contributed by atoms with E-state index in [0.29, 0.717) is 5.92 Å². The van der Waals surface area contributed by atoms with E-state index in [4.69, 9.17) is 0 Å². The van der Waals surface area contributed by atoms with Gasteiger partial charge in [-0.15, -0.1) is 0 Å². The van der Waals surface area contributed by atoms with Crippen LogP contribution >= 0.6 is 0 Å². The lowest BCUT2D eigenvalue weighted by molar-refractivity contribution is 0.204. The van der Waals surface area contributed by atoms with Crippen LogP contribution in [0.3, 0.4) is 0 Å². The van der Waals surface area contributed by atoms with Crippen LogP contribution < -0.4 is 0 Å². The van der Waals surface area contributed by atoms with Crippen molar-refractivity contribution in [2.45, 2.75) is 25.7 Å².